The minimum atomic E-state index is 0.167. The van der Waals surface area contributed by atoms with E-state index < -0.39 is 0 Å². The highest BCUT2D eigenvalue weighted by molar-refractivity contribution is 7.98. The predicted octanol–water partition coefficient (Wildman–Crippen LogP) is 2.91. The molecule has 0 aliphatic carbocycles. The molecule has 0 radical (unpaired) electrons. The quantitative estimate of drug-likeness (QED) is 0.720. The average molecular weight is 283 g/mol. The van der Waals surface area contributed by atoms with E-state index in [0.717, 1.165) is 23.6 Å². The second kappa shape index (κ2) is 8.46. The Morgan fingerprint density at radius 2 is 2.11 bits per heavy atom. The molecule has 2 N–H and O–H groups in total. The summed E-state index contributed by atoms with van der Waals surface area (Å²) in [7, 11) is 1.69. The van der Waals surface area contributed by atoms with Crippen LogP contribution in [0.15, 0.2) is 23.1 Å². The molecule has 108 valence electrons. The van der Waals surface area contributed by atoms with Crippen molar-refractivity contribution in [1.82, 2.24) is 5.32 Å². The Bertz CT molecular complexity index is 382. The second-order valence-corrected chi connectivity index (χ2v) is 5.93. The fourth-order valence-electron chi connectivity index (χ4n) is 2.04. The van der Waals surface area contributed by atoms with Gasteiger partial charge in [0.05, 0.1) is 13.7 Å². The molecule has 3 nitrogen and oxygen atoms in total. The van der Waals surface area contributed by atoms with Gasteiger partial charge in [0.2, 0.25) is 0 Å². The number of hydrogen-bond donors (Lipinski definition) is 2. The standard InChI is InChI=1S/C15H25NO2S/c1-11(2)7-13(10-17)16-9-12-5-6-14(18-3)15(8-12)19-4/h5-6,8,11,13,16-17H,7,9-10H2,1-4H3. The summed E-state index contributed by atoms with van der Waals surface area (Å²) in [6.45, 7) is 5.30. The van der Waals surface area contributed by atoms with Gasteiger partial charge in [0.1, 0.15) is 5.75 Å². The highest BCUT2D eigenvalue weighted by Crippen LogP contribution is 2.28. The number of thioether (sulfide) groups is 1. The van der Waals surface area contributed by atoms with Crippen molar-refractivity contribution in [2.24, 2.45) is 5.92 Å². The summed E-state index contributed by atoms with van der Waals surface area (Å²) in [5, 5.41) is 12.8. The Hall–Kier alpha value is -0.710. The van der Waals surface area contributed by atoms with Crippen LogP contribution in [0.5, 0.6) is 5.75 Å². The van der Waals surface area contributed by atoms with Crippen LogP contribution >= 0.6 is 11.8 Å². The number of hydrogen-bond acceptors (Lipinski definition) is 4. The van der Waals surface area contributed by atoms with Crippen molar-refractivity contribution in [2.45, 2.75) is 37.8 Å². The first-order valence-corrected chi connectivity index (χ1v) is 7.88. The highest BCUT2D eigenvalue weighted by atomic mass is 32.2. The maximum atomic E-state index is 9.35. The Morgan fingerprint density at radius 3 is 2.63 bits per heavy atom. The van der Waals surface area contributed by atoms with Crippen molar-refractivity contribution >= 4 is 11.8 Å². The van der Waals surface area contributed by atoms with Gasteiger partial charge in [-0.1, -0.05) is 19.9 Å². The zero-order valence-electron chi connectivity index (χ0n) is 12.3. The molecule has 19 heavy (non-hydrogen) atoms. The van der Waals surface area contributed by atoms with Gasteiger partial charge in [-0.3, -0.25) is 0 Å². The van der Waals surface area contributed by atoms with E-state index in [4.69, 9.17) is 4.74 Å². The predicted molar refractivity (Wildman–Crippen MR) is 81.9 cm³/mol. The number of benzene rings is 1. The summed E-state index contributed by atoms with van der Waals surface area (Å²) in [6, 6.07) is 6.37. The molecule has 0 aliphatic rings. The van der Waals surface area contributed by atoms with E-state index in [9.17, 15) is 5.11 Å². The van der Waals surface area contributed by atoms with E-state index in [0.29, 0.717) is 5.92 Å². The molecule has 1 aromatic carbocycles. The fourth-order valence-corrected chi connectivity index (χ4v) is 2.67. The van der Waals surface area contributed by atoms with E-state index in [2.05, 4.69) is 31.3 Å². The van der Waals surface area contributed by atoms with Crippen LogP contribution in [-0.4, -0.2) is 31.1 Å². The first kappa shape index (κ1) is 16.3. The molecule has 0 aliphatic heterocycles. The van der Waals surface area contributed by atoms with Crippen LogP contribution < -0.4 is 10.1 Å². The third kappa shape index (κ3) is 5.43. The van der Waals surface area contributed by atoms with E-state index in [1.165, 1.54) is 5.56 Å². The molecule has 0 aromatic heterocycles. The summed E-state index contributed by atoms with van der Waals surface area (Å²) < 4.78 is 5.31. The van der Waals surface area contributed by atoms with Gasteiger partial charge in [-0.25, -0.2) is 0 Å². The summed E-state index contributed by atoms with van der Waals surface area (Å²) >= 11 is 1.68. The maximum absolute atomic E-state index is 9.35. The van der Waals surface area contributed by atoms with Crippen molar-refractivity contribution in [2.75, 3.05) is 20.0 Å². The summed E-state index contributed by atoms with van der Waals surface area (Å²) in [4.78, 5) is 1.14. The van der Waals surface area contributed by atoms with E-state index >= 15 is 0 Å². The van der Waals surface area contributed by atoms with Crippen LogP contribution in [-0.2, 0) is 6.54 Å². The smallest absolute Gasteiger partial charge is 0.132 e. The topological polar surface area (TPSA) is 41.5 Å². The molecule has 0 spiro atoms. The first-order chi connectivity index (χ1) is 9.10. The minimum absolute atomic E-state index is 0.167. The fraction of sp³-hybridized carbons (Fsp3) is 0.600. The van der Waals surface area contributed by atoms with Crippen LogP contribution in [0.4, 0.5) is 0 Å². The molecule has 0 saturated heterocycles. The Balaban J connectivity index is 2.61. The van der Waals surface area contributed by atoms with Crippen LogP contribution in [0.25, 0.3) is 0 Å². The molecule has 0 bridgehead atoms. The van der Waals surface area contributed by atoms with Crippen molar-refractivity contribution in [3.05, 3.63) is 23.8 Å². The molecule has 4 heteroatoms. The lowest BCUT2D eigenvalue weighted by Gasteiger charge is -2.18. The SMILES string of the molecule is COc1ccc(CNC(CO)CC(C)C)cc1SC. The van der Waals surface area contributed by atoms with E-state index in [1.54, 1.807) is 18.9 Å². The molecule has 1 aromatic rings. The van der Waals surface area contributed by atoms with Gasteiger partial charge < -0.3 is 15.2 Å². The van der Waals surface area contributed by atoms with Gasteiger partial charge in [-0.05, 0) is 36.3 Å². The molecule has 1 rings (SSSR count). The van der Waals surface area contributed by atoms with Gasteiger partial charge in [-0.2, -0.15) is 0 Å². The van der Waals surface area contributed by atoms with E-state index in [1.807, 2.05) is 12.3 Å². The summed E-state index contributed by atoms with van der Waals surface area (Å²) in [5.74, 6) is 1.50. The molecule has 0 fully saturated rings. The molecule has 0 heterocycles. The molecule has 1 unspecified atom stereocenters. The van der Waals surface area contributed by atoms with Crippen molar-refractivity contribution in [3.8, 4) is 5.75 Å². The lowest BCUT2D eigenvalue weighted by atomic mass is 10.0. The Morgan fingerprint density at radius 1 is 1.37 bits per heavy atom. The Labute approximate surface area is 120 Å². The van der Waals surface area contributed by atoms with Gasteiger partial charge in [0.25, 0.3) is 0 Å². The second-order valence-electron chi connectivity index (χ2n) is 5.08. The van der Waals surface area contributed by atoms with Crippen LogP contribution in [0.2, 0.25) is 0 Å². The highest BCUT2D eigenvalue weighted by Gasteiger charge is 2.10. The van der Waals surface area contributed by atoms with Crippen molar-refractivity contribution in [3.63, 3.8) is 0 Å². The third-order valence-corrected chi connectivity index (χ3v) is 3.78. The van der Waals surface area contributed by atoms with Gasteiger partial charge >= 0.3 is 0 Å². The maximum Gasteiger partial charge on any atom is 0.132 e. The molecular weight excluding hydrogens is 258 g/mol. The van der Waals surface area contributed by atoms with Crippen molar-refractivity contribution in [1.29, 1.82) is 0 Å². The number of aliphatic hydroxyl groups is 1. The minimum Gasteiger partial charge on any atom is -0.496 e. The lowest BCUT2D eigenvalue weighted by molar-refractivity contribution is 0.223. The Kier molecular flexibility index (Phi) is 7.28. The molecule has 0 amide bonds. The van der Waals surface area contributed by atoms with Crippen LogP contribution in [0.1, 0.15) is 25.8 Å². The van der Waals surface area contributed by atoms with Gasteiger partial charge in [0.15, 0.2) is 0 Å². The number of nitrogens with one attached hydrogen (secondary N) is 1. The third-order valence-electron chi connectivity index (χ3n) is 3.02. The number of rotatable bonds is 8. The summed E-state index contributed by atoms with van der Waals surface area (Å²) in [5.41, 5.74) is 1.22. The molecule has 0 saturated carbocycles. The lowest BCUT2D eigenvalue weighted by Crippen LogP contribution is -2.33. The molecular formula is C15H25NO2S. The average Bonchev–Trinajstić information content (AvgIpc) is 2.42. The largest absolute Gasteiger partial charge is 0.496 e. The number of methoxy groups -OCH3 is 1. The van der Waals surface area contributed by atoms with Crippen molar-refractivity contribution < 1.29 is 9.84 Å². The van der Waals surface area contributed by atoms with Crippen LogP contribution in [0, 0.1) is 5.92 Å². The summed E-state index contributed by atoms with van der Waals surface area (Å²) in [6.07, 6.45) is 3.03. The zero-order chi connectivity index (χ0) is 14.3. The normalized spacial score (nSPS) is 12.7. The van der Waals surface area contributed by atoms with Gasteiger partial charge in [0, 0.05) is 17.5 Å². The first-order valence-electron chi connectivity index (χ1n) is 6.65. The number of ether oxygens (including phenoxy) is 1. The zero-order valence-corrected chi connectivity index (χ0v) is 13.1. The number of aliphatic hydroxyl groups excluding tert-OH is 1. The van der Waals surface area contributed by atoms with Gasteiger partial charge in [-0.15, -0.1) is 11.8 Å². The van der Waals surface area contributed by atoms with E-state index in [-0.39, 0.29) is 12.6 Å². The van der Waals surface area contributed by atoms with Crippen LogP contribution in [0.3, 0.4) is 0 Å². The monoisotopic (exact) mass is 283 g/mol. The molecule has 1 atom stereocenters.